The molecule has 0 saturated carbocycles. The predicted octanol–water partition coefficient (Wildman–Crippen LogP) is 2.10. The van der Waals surface area contributed by atoms with Gasteiger partial charge < -0.3 is 5.11 Å². The van der Waals surface area contributed by atoms with Gasteiger partial charge in [0, 0.05) is 0 Å². The standard InChI is InChI=1S/C11H9BrFN3O2/c1-6-2-9(13)8(12)4-10(6)16-7(3-11(17)18)5-14-15-16/h2,4-5H,3H2,1H3,(H,17,18). The molecule has 0 radical (unpaired) electrons. The Bertz CT molecular complexity index is 612. The summed E-state index contributed by atoms with van der Waals surface area (Å²) < 4.78 is 15.0. The lowest BCUT2D eigenvalue weighted by molar-refractivity contribution is -0.136. The van der Waals surface area contributed by atoms with Crippen LogP contribution in [0.2, 0.25) is 0 Å². The Hall–Kier alpha value is -1.76. The largest absolute Gasteiger partial charge is 0.481 e. The van der Waals surface area contributed by atoms with Crippen molar-refractivity contribution in [3.63, 3.8) is 0 Å². The number of aliphatic carboxylic acids is 1. The van der Waals surface area contributed by atoms with Crippen LogP contribution in [0.15, 0.2) is 22.8 Å². The van der Waals surface area contributed by atoms with Gasteiger partial charge in [0.2, 0.25) is 0 Å². The van der Waals surface area contributed by atoms with Crippen LogP contribution in [-0.4, -0.2) is 26.1 Å². The second-order valence-corrected chi connectivity index (χ2v) is 4.61. The highest BCUT2D eigenvalue weighted by molar-refractivity contribution is 9.10. The van der Waals surface area contributed by atoms with Gasteiger partial charge in [0.15, 0.2) is 0 Å². The van der Waals surface area contributed by atoms with Crippen molar-refractivity contribution < 1.29 is 14.3 Å². The monoisotopic (exact) mass is 313 g/mol. The highest BCUT2D eigenvalue weighted by atomic mass is 79.9. The van der Waals surface area contributed by atoms with Crippen LogP contribution in [0.5, 0.6) is 0 Å². The van der Waals surface area contributed by atoms with Gasteiger partial charge in [-0.1, -0.05) is 5.21 Å². The van der Waals surface area contributed by atoms with Crippen LogP contribution < -0.4 is 0 Å². The van der Waals surface area contributed by atoms with Crippen molar-refractivity contribution in [3.8, 4) is 5.69 Å². The highest BCUT2D eigenvalue weighted by Gasteiger charge is 2.13. The molecule has 1 heterocycles. The molecule has 2 rings (SSSR count). The first-order valence-corrected chi connectivity index (χ1v) is 5.85. The zero-order chi connectivity index (χ0) is 13.3. The number of rotatable bonds is 3. The lowest BCUT2D eigenvalue weighted by atomic mass is 10.2. The average molecular weight is 314 g/mol. The third kappa shape index (κ3) is 2.40. The zero-order valence-corrected chi connectivity index (χ0v) is 11.0. The molecule has 1 aromatic heterocycles. The molecule has 18 heavy (non-hydrogen) atoms. The Morgan fingerprint density at radius 2 is 2.28 bits per heavy atom. The van der Waals surface area contributed by atoms with E-state index in [1.165, 1.54) is 16.9 Å². The maximum absolute atomic E-state index is 13.3. The van der Waals surface area contributed by atoms with Crippen molar-refractivity contribution in [2.45, 2.75) is 13.3 Å². The number of benzene rings is 1. The van der Waals surface area contributed by atoms with Gasteiger partial charge >= 0.3 is 5.97 Å². The molecule has 0 atom stereocenters. The minimum atomic E-state index is -0.975. The number of carbonyl (C=O) groups is 1. The number of aryl methyl sites for hydroxylation is 1. The molecule has 7 heteroatoms. The fourth-order valence-electron chi connectivity index (χ4n) is 1.60. The van der Waals surface area contributed by atoms with Gasteiger partial charge in [-0.2, -0.15) is 0 Å². The number of hydrogen-bond donors (Lipinski definition) is 1. The van der Waals surface area contributed by atoms with Crippen molar-refractivity contribution in [2.75, 3.05) is 0 Å². The van der Waals surface area contributed by atoms with Crippen LogP contribution in [0.4, 0.5) is 4.39 Å². The van der Waals surface area contributed by atoms with Crippen LogP contribution in [0.25, 0.3) is 5.69 Å². The molecule has 0 aliphatic carbocycles. The molecule has 2 aromatic rings. The third-order valence-electron chi connectivity index (χ3n) is 2.42. The van der Waals surface area contributed by atoms with Gasteiger partial charge in [0.1, 0.15) is 5.82 Å². The van der Waals surface area contributed by atoms with Crippen LogP contribution in [-0.2, 0) is 11.2 Å². The lowest BCUT2D eigenvalue weighted by Gasteiger charge is -2.09. The molecular formula is C11H9BrFN3O2. The van der Waals surface area contributed by atoms with Crippen LogP contribution in [0.1, 0.15) is 11.3 Å². The molecule has 0 bridgehead atoms. The van der Waals surface area contributed by atoms with Crippen molar-refractivity contribution in [1.29, 1.82) is 0 Å². The minimum Gasteiger partial charge on any atom is -0.481 e. The molecule has 0 aliphatic rings. The maximum atomic E-state index is 13.3. The van der Waals surface area contributed by atoms with E-state index in [4.69, 9.17) is 5.11 Å². The molecule has 5 nitrogen and oxygen atoms in total. The number of halogens is 2. The Morgan fingerprint density at radius 1 is 1.56 bits per heavy atom. The van der Waals surface area contributed by atoms with Crippen LogP contribution in [0.3, 0.4) is 0 Å². The highest BCUT2D eigenvalue weighted by Crippen LogP contribution is 2.23. The van der Waals surface area contributed by atoms with E-state index in [1.54, 1.807) is 13.0 Å². The number of aromatic nitrogens is 3. The van der Waals surface area contributed by atoms with Gasteiger partial charge in [0.25, 0.3) is 0 Å². The van der Waals surface area contributed by atoms with E-state index in [-0.39, 0.29) is 12.2 Å². The molecular weight excluding hydrogens is 305 g/mol. The van der Waals surface area contributed by atoms with Gasteiger partial charge in [-0.15, -0.1) is 5.10 Å². The fraction of sp³-hybridized carbons (Fsp3) is 0.182. The summed E-state index contributed by atoms with van der Waals surface area (Å²) in [5.74, 6) is -1.35. The van der Waals surface area contributed by atoms with Crippen molar-refractivity contribution in [2.24, 2.45) is 0 Å². The average Bonchev–Trinajstić information content (AvgIpc) is 2.70. The van der Waals surface area contributed by atoms with Gasteiger partial charge in [-0.25, -0.2) is 9.07 Å². The van der Waals surface area contributed by atoms with E-state index in [0.717, 1.165) is 0 Å². The molecule has 0 aliphatic heterocycles. The molecule has 0 spiro atoms. The topological polar surface area (TPSA) is 68.0 Å². The molecule has 0 saturated heterocycles. The molecule has 0 fully saturated rings. The summed E-state index contributed by atoms with van der Waals surface area (Å²) in [4.78, 5) is 10.7. The second kappa shape index (κ2) is 4.85. The lowest BCUT2D eigenvalue weighted by Crippen LogP contribution is -2.09. The summed E-state index contributed by atoms with van der Waals surface area (Å²) in [7, 11) is 0. The van der Waals surface area contributed by atoms with Crippen molar-refractivity contribution in [3.05, 3.63) is 39.9 Å². The number of hydrogen-bond acceptors (Lipinski definition) is 3. The Balaban J connectivity index is 2.52. The van der Waals surface area contributed by atoms with E-state index >= 15 is 0 Å². The Labute approximate surface area is 110 Å². The smallest absolute Gasteiger partial charge is 0.309 e. The predicted molar refractivity (Wildman–Crippen MR) is 65.1 cm³/mol. The summed E-state index contributed by atoms with van der Waals surface area (Å²) in [6.07, 6.45) is 1.19. The normalized spacial score (nSPS) is 10.6. The molecule has 94 valence electrons. The van der Waals surface area contributed by atoms with E-state index in [2.05, 4.69) is 26.2 Å². The Kier molecular flexibility index (Phi) is 3.42. The van der Waals surface area contributed by atoms with Gasteiger partial charge in [-0.05, 0) is 40.5 Å². The quantitative estimate of drug-likeness (QED) is 0.942. The fourth-order valence-corrected chi connectivity index (χ4v) is 1.93. The summed E-state index contributed by atoms with van der Waals surface area (Å²) in [6, 6.07) is 2.90. The SMILES string of the molecule is Cc1cc(F)c(Br)cc1-n1nncc1CC(=O)O. The second-order valence-electron chi connectivity index (χ2n) is 3.76. The van der Waals surface area contributed by atoms with Gasteiger partial charge in [0.05, 0.1) is 28.5 Å². The first-order valence-electron chi connectivity index (χ1n) is 5.06. The van der Waals surface area contributed by atoms with E-state index in [1.807, 2.05) is 0 Å². The van der Waals surface area contributed by atoms with E-state index in [9.17, 15) is 9.18 Å². The van der Waals surface area contributed by atoms with Crippen molar-refractivity contribution in [1.82, 2.24) is 15.0 Å². The van der Waals surface area contributed by atoms with E-state index in [0.29, 0.717) is 21.4 Å². The first kappa shape index (κ1) is 12.7. The minimum absolute atomic E-state index is 0.193. The van der Waals surface area contributed by atoms with Crippen LogP contribution >= 0.6 is 15.9 Å². The van der Waals surface area contributed by atoms with Crippen molar-refractivity contribution >= 4 is 21.9 Å². The number of carboxylic acids is 1. The molecule has 0 unspecified atom stereocenters. The Morgan fingerprint density at radius 3 is 2.94 bits per heavy atom. The zero-order valence-electron chi connectivity index (χ0n) is 9.39. The summed E-state index contributed by atoms with van der Waals surface area (Å²) in [5.41, 5.74) is 1.67. The summed E-state index contributed by atoms with van der Waals surface area (Å²) >= 11 is 3.09. The van der Waals surface area contributed by atoms with Crippen LogP contribution in [0, 0.1) is 12.7 Å². The number of nitrogens with zero attached hydrogens (tertiary/aromatic N) is 3. The number of carboxylic acid groups (broad SMARTS) is 1. The first-order chi connectivity index (χ1) is 8.49. The molecule has 0 amide bonds. The maximum Gasteiger partial charge on any atom is 0.309 e. The third-order valence-corrected chi connectivity index (χ3v) is 3.03. The van der Waals surface area contributed by atoms with E-state index < -0.39 is 5.97 Å². The molecule has 1 aromatic carbocycles. The summed E-state index contributed by atoms with van der Waals surface area (Å²) in [6.45, 7) is 1.72. The summed E-state index contributed by atoms with van der Waals surface area (Å²) in [5, 5.41) is 16.3. The van der Waals surface area contributed by atoms with Gasteiger partial charge in [-0.3, -0.25) is 4.79 Å². The molecule has 1 N–H and O–H groups in total.